The van der Waals surface area contributed by atoms with Crippen molar-refractivity contribution in [2.45, 2.75) is 83.9 Å². The van der Waals surface area contributed by atoms with Crippen LogP contribution in [-0.4, -0.2) is 30.3 Å². The van der Waals surface area contributed by atoms with E-state index in [1.54, 1.807) is 0 Å². The Bertz CT molecular complexity index is 337. The van der Waals surface area contributed by atoms with Crippen LogP contribution < -0.4 is 10.6 Å². The first-order chi connectivity index (χ1) is 9.82. The smallest absolute Gasteiger partial charge is 0.407 e. The Labute approximate surface area is 129 Å². The third-order valence-electron chi connectivity index (χ3n) is 4.69. The second-order valence-corrected chi connectivity index (χ2v) is 8.05. The molecule has 0 atom stereocenters. The van der Waals surface area contributed by atoms with Gasteiger partial charge < -0.3 is 15.4 Å². The Morgan fingerprint density at radius 1 is 1.10 bits per heavy atom. The number of carbonyl (C=O) groups excluding carboxylic acids is 1. The van der Waals surface area contributed by atoms with Gasteiger partial charge in [-0.3, -0.25) is 0 Å². The zero-order chi connectivity index (χ0) is 15.5. The molecular weight excluding hydrogens is 264 g/mol. The van der Waals surface area contributed by atoms with Gasteiger partial charge in [0.15, 0.2) is 0 Å². The van der Waals surface area contributed by atoms with Gasteiger partial charge in [0.05, 0.1) is 0 Å². The molecule has 0 aromatic heterocycles. The lowest BCUT2D eigenvalue weighted by Crippen LogP contribution is -2.53. The van der Waals surface area contributed by atoms with Gasteiger partial charge in [0.25, 0.3) is 0 Å². The summed E-state index contributed by atoms with van der Waals surface area (Å²) in [6, 6.07) is 0.855. The third-order valence-corrected chi connectivity index (χ3v) is 4.69. The van der Waals surface area contributed by atoms with Gasteiger partial charge in [0.1, 0.15) is 5.60 Å². The van der Waals surface area contributed by atoms with Crippen LogP contribution in [0.3, 0.4) is 0 Å². The van der Waals surface area contributed by atoms with E-state index in [9.17, 15) is 4.79 Å². The summed E-state index contributed by atoms with van der Waals surface area (Å²) in [5, 5.41) is 6.61. The normalized spacial score (nSPS) is 33.1. The van der Waals surface area contributed by atoms with Crippen molar-refractivity contribution < 1.29 is 9.53 Å². The van der Waals surface area contributed by atoms with Gasteiger partial charge >= 0.3 is 6.09 Å². The molecule has 0 aromatic rings. The topological polar surface area (TPSA) is 50.4 Å². The van der Waals surface area contributed by atoms with E-state index in [0.717, 1.165) is 31.2 Å². The van der Waals surface area contributed by atoms with E-state index in [-0.39, 0.29) is 12.1 Å². The lowest BCUT2D eigenvalue weighted by molar-refractivity contribution is 0.0464. The molecule has 2 aliphatic rings. The predicted octanol–water partition coefficient (Wildman–Crippen LogP) is 3.46. The predicted molar refractivity (Wildman–Crippen MR) is 85.3 cm³/mol. The molecule has 1 amide bonds. The fraction of sp³-hybridized carbons (Fsp3) is 0.941. The number of hydrogen-bond donors (Lipinski definition) is 2. The van der Waals surface area contributed by atoms with Gasteiger partial charge in [0.2, 0.25) is 0 Å². The van der Waals surface area contributed by atoms with Crippen molar-refractivity contribution in [1.29, 1.82) is 0 Å². The number of amides is 1. The summed E-state index contributed by atoms with van der Waals surface area (Å²) in [6.07, 6.45) is 7.30. The maximum atomic E-state index is 11.7. The summed E-state index contributed by atoms with van der Waals surface area (Å²) in [5.74, 6) is 1.78. The molecule has 122 valence electrons. The van der Waals surface area contributed by atoms with Crippen LogP contribution in [0.25, 0.3) is 0 Å². The van der Waals surface area contributed by atoms with Crippen LogP contribution >= 0.6 is 0 Å². The zero-order valence-corrected chi connectivity index (χ0v) is 14.1. The second kappa shape index (κ2) is 6.99. The highest BCUT2D eigenvalue weighted by Crippen LogP contribution is 2.28. The molecule has 2 saturated carbocycles. The average Bonchev–Trinajstić information content (AvgIpc) is 2.31. The van der Waals surface area contributed by atoms with Gasteiger partial charge in [-0.1, -0.05) is 19.8 Å². The maximum Gasteiger partial charge on any atom is 0.407 e. The molecule has 0 radical (unpaired) electrons. The Balaban J connectivity index is 1.54. The summed E-state index contributed by atoms with van der Waals surface area (Å²) in [7, 11) is 0. The summed E-state index contributed by atoms with van der Waals surface area (Å²) in [5.41, 5.74) is -0.413. The number of carbonyl (C=O) groups is 1. The van der Waals surface area contributed by atoms with Crippen molar-refractivity contribution in [3.63, 3.8) is 0 Å². The van der Waals surface area contributed by atoms with Crippen molar-refractivity contribution >= 4 is 6.09 Å². The summed E-state index contributed by atoms with van der Waals surface area (Å²) in [4.78, 5) is 11.7. The van der Waals surface area contributed by atoms with E-state index in [4.69, 9.17) is 4.74 Å². The van der Waals surface area contributed by atoms with E-state index in [0.29, 0.717) is 6.04 Å². The Kier molecular flexibility index (Phi) is 5.53. The monoisotopic (exact) mass is 296 g/mol. The van der Waals surface area contributed by atoms with Crippen LogP contribution in [0.4, 0.5) is 4.79 Å². The molecule has 21 heavy (non-hydrogen) atoms. The van der Waals surface area contributed by atoms with Gasteiger partial charge in [0, 0.05) is 12.1 Å². The molecule has 2 fully saturated rings. The van der Waals surface area contributed by atoms with Gasteiger partial charge in [-0.2, -0.15) is 0 Å². The lowest BCUT2D eigenvalue weighted by atomic mass is 9.82. The molecule has 0 saturated heterocycles. The molecule has 0 aromatic carbocycles. The van der Waals surface area contributed by atoms with Crippen molar-refractivity contribution in [3.05, 3.63) is 0 Å². The summed E-state index contributed by atoms with van der Waals surface area (Å²) >= 11 is 0. The number of nitrogens with one attached hydrogen (secondary N) is 2. The minimum atomic E-state index is -0.413. The fourth-order valence-corrected chi connectivity index (χ4v) is 3.24. The lowest BCUT2D eigenvalue weighted by Gasteiger charge is -2.38. The van der Waals surface area contributed by atoms with Crippen molar-refractivity contribution in [1.82, 2.24) is 10.6 Å². The number of hydrogen-bond acceptors (Lipinski definition) is 3. The Morgan fingerprint density at radius 3 is 2.29 bits per heavy atom. The maximum absolute atomic E-state index is 11.7. The first kappa shape index (κ1) is 16.6. The van der Waals surface area contributed by atoms with Crippen molar-refractivity contribution in [2.75, 3.05) is 6.54 Å². The average molecular weight is 296 g/mol. The van der Waals surface area contributed by atoms with E-state index in [2.05, 4.69) is 17.6 Å². The van der Waals surface area contributed by atoms with E-state index in [1.807, 2.05) is 20.8 Å². The Morgan fingerprint density at radius 2 is 1.71 bits per heavy atom. The largest absolute Gasteiger partial charge is 0.444 e. The van der Waals surface area contributed by atoms with Crippen molar-refractivity contribution in [3.8, 4) is 0 Å². The molecule has 0 spiro atoms. The standard InChI is InChI=1S/C17H32N2O2/c1-12-5-7-13(8-6-12)11-18-14-9-15(10-14)19-16(20)21-17(2,3)4/h12-15,18H,5-11H2,1-4H3,(H,19,20). The molecular formula is C17H32N2O2. The highest BCUT2D eigenvalue weighted by atomic mass is 16.6. The number of alkyl carbamates (subject to hydrolysis) is 1. The van der Waals surface area contributed by atoms with Gasteiger partial charge in [-0.05, 0) is 64.8 Å². The van der Waals surface area contributed by atoms with Crippen LogP contribution in [0.5, 0.6) is 0 Å². The molecule has 2 aliphatic carbocycles. The molecule has 0 unspecified atom stereocenters. The molecule has 0 aliphatic heterocycles. The van der Waals surface area contributed by atoms with Gasteiger partial charge in [-0.15, -0.1) is 0 Å². The minimum Gasteiger partial charge on any atom is -0.444 e. The third kappa shape index (κ3) is 5.85. The summed E-state index contributed by atoms with van der Waals surface area (Å²) < 4.78 is 5.27. The quantitative estimate of drug-likeness (QED) is 0.835. The minimum absolute atomic E-state index is 0.281. The van der Waals surface area contributed by atoms with Crippen molar-refractivity contribution in [2.24, 2.45) is 11.8 Å². The van der Waals surface area contributed by atoms with E-state index in [1.165, 1.54) is 25.7 Å². The van der Waals surface area contributed by atoms with Crippen LogP contribution in [-0.2, 0) is 4.74 Å². The first-order valence-electron chi connectivity index (χ1n) is 8.54. The molecule has 0 bridgehead atoms. The highest BCUT2D eigenvalue weighted by molar-refractivity contribution is 5.68. The molecule has 4 nitrogen and oxygen atoms in total. The van der Waals surface area contributed by atoms with Crippen LogP contribution in [0.2, 0.25) is 0 Å². The zero-order valence-electron chi connectivity index (χ0n) is 14.1. The Hall–Kier alpha value is -0.770. The van der Waals surface area contributed by atoms with Crippen LogP contribution in [0.1, 0.15) is 66.2 Å². The van der Waals surface area contributed by atoms with Crippen LogP contribution in [0.15, 0.2) is 0 Å². The van der Waals surface area contributed by atoms with Crippen LogP contribution in [0, 0.1) is 11.8 Å². The van der Waals surface area contributed by atoms with E-state index >= 15 is 0 Å². The molecule has 2 N–H and O–H groups in total. The molecule has 0 heterocycles. The van der Waals surface area contributed by atoms with E-state index < -0.39 is 5.60 Å². The summed E-state index contributed by atoms with van der Waals surface area (Å²) in [6.45, 7) is 9.19. The fourth-order valence-electron chi connectivity index (χ4n) is 3.24. The molecule has 2 rings (SSSR count). The number of rotatable bonds is 4. The number of ether oxygens (including phenoxy) is 1. The molecule has 4 heteroatoms. The first-order valence-corrected chi connectivity index (χ1v) is 8.54. The highest BCUT2D eigenvalue weighted by Gasteiger charge is 2.31. The van der Waals surface area contributed by atoms with Gasteiger partial charge in [-0.25, -0.2) is 4.79 Å². The second-order valence-electron chi connectivity index (χ2n) is 8.05. The SMILES string of the molecule is CC1CCC(CNC2CC(NC(=O)OC(C)(C)C)C2)CC1.